The Morgan fingerprint density at radius 2 is 2.33 bits per heavy atom. The minimum atomic E-state index is 0.279. The Kier molecular flexibility index (Phi) is 4.12. The fraction of sp³-hybridized carbons (Fsp3) is 0.438. The average Bonchev–Trinajstić information content (AvgIpc) is 3.11. The molecule has 1 atom stereocenters. The molecule has 0 fully saturated rings. The molecule has 4 nitrogen and oxygen atoms in total. The fourth-order valence-corrected chi connectivity index (χ4v) is 3.15. The van der Waals surface area contributed by atoms with E-state index in [0.717, 1.165) is 22.2 Å². The van der Waals surface area contributed by atoms with Crippen LogP contribution in [-0.2, 0) is 6.61 Å². The molecular formula is C16H20N2O2S. The van der Waals surface area contributed by atoms with Crippen molar-refractivity contribution in [3.63, 3.8) is 0 Å². The highest BCUT2D eigenvalue weighted by Crippen LogP contribution is 2.35. The van der Waals surface area contributed by atoms with Gasteiger partial charge in [-0.25, -0.2) is 4.98 Å². The lowest BCUT2D eigenvalue weighted by Gasteiger charge is -2.08. The summed E-state index contributed by atoms with van der Waals surface area (Å²) in [6, 6.07) is 6.30. The number of aromatic nitrogens is 1. The third-order valence-corrected chi connectivity index (χ3v) is 4.76. The number of rotatable bonds is 5. The second kappa shape index (κ2) is 6.03. The van der Waals surface area contributed by atoms with Crippen LogP contribution >= 0.6 is 11.3 Å². The summed E-state index contributed by atoms with van der Waals surface area (Å²) in [6.07, 6.45) is 0. The first-order chi connectivity index (χ1) is 10.2. The van der Waals surface area contributed by atoms with Gasteiger partial charge in [-0.05, 0) is 19.2 Å². The normalized spacial score (nSPS) is 16.9. The second-order valence-corrected chi connectivity index (χ2v) is 6.36. The average molecular weight is 304 g/mol. The zero-order valence-electron chi connectivity index (χ0n) is 12.6. The Bertz CT molecular complexity index is 624. The summed E-state index contributed by atoms with van der Waals surface area (Å²) >= 11 is 1.69. The molecule has 1 N–H and O–H groups in total. The highest BCUT2D eigenvalue weighted by atomic mass is 32.1. The van der Waals surface area contributed by atoms with Gasteiger partial charge in [0.2, 0.25) is 0 Å². The molecule has 0 radical (unpaired) electrons. The lowest BCUT2D eigenvalue weighted by atomic mass is 10.1. The van der Waals surface area contributed by atoms with Crippen LogP contribution in [0.2, 0.25) is 0 Å². The van der Waals surface area contributed by atoms with Gasteiger partial charge in [-0.2, -0.15) is 0 Å². The Morgan fingerprint density at radius 1 is 1.48 bits per heavy atom. The van der Waals surface area contributed by atoms with Crippen LogP contribution in [0, 0.1) is 0 Å². The van der Waals surface area contributed by atoms with Gasteiger partial charge in [0, 0.05) is 22.9 Å². The van der Waals surface area contributed by atoms with E-state index < -0.39 is 0 Å². The number of hydrogen-bond donors (Lipinski definition) is 1. The first kappa shape index (κ1) is 14.4. The summed E-state index contributed by atoms with van der Waals surface area (Å²) in [4.78, 5) is 4.57. The third kappa shape index (κ3) is 3.04. The predicted octanol–water partition coefficient (Wildman–Crippen LogP) is 3.50. The van der Waals surface area contributed by atoms with Crippen LogP contribution in [0.4, 0.5) is 0 Å². The molecule has 0 amide bonds. The molecule has 0 saturated carbocycles. The van der Waals surface area contributed by atoms with Crippen molar-refractivity contribution in [2.45, 2.75) is 32.4 Å². The van der Waals surface area contributed by atoms with Crippen LogP contribution in [0.25, 0.3) is 0 Å². The maximum atomic E-state index is 5.82. The second-order valence-electron chi connectivity index (χ2n) is 5.47. The molecule has 1 aliphatic heterocycles. The summed E-state index contributed by atoms with van der Waals surface area (Å²) in [5.41, 5.74) is 2.18. The van der Waals surface area contributed by atoms with Crippen molar-refractivity contribution < 1.29 is 9.47 Å². The standard InChI is InChI=1S/C16H20N2O2S/c1-10(2)16-18-11(9-21-16)7-19-12-4-5-13-14(17-3)8-20-15(13)6-12/h4-6,9-10,14,17H,7-8H2,1-3H3. The predicted molar refractivity (Wildman–Crippen MR) is 84.3 cm³/mol. The van der Waals surface area contributed by atoms with Crippen molar-refractivity contribution in [3.8, 4) is 11.5 Å². The zero-order chi connectivity index (χ0) is 14.8. The van der Waals surface area contributed by atoms with Crippen LogP contribution in [0.5, 0.6) is 11.5 Å². The van der Waals surface area contributed by atoms with Crippen molar-refractivity contribution in [1.29, 1.82) is 0 Å². The Balaban J connectivity index is 1.66. The lowest BCUT2D eigenvalue weighted by Crippen LogP contribution is -2.17. The van der Waals surface area contributed by atoms with Gasteiger partial charge in [0.25, 0.3) is 0 Å². The van der Waals surface area contributed by atoms with Crippen molar-refractivity contribution in [2.24, 2.45) is 0 Å². The molecule has 0 aliphatic carbocycles. The van der Waals surface area contributed by atoms with E-state index in [0.29, 0.717) is 19.1 Å². The van der Waals surface area contributed by atoms with Gasteiger partial charge in [-0.1, -0.05) is 13.8 Å². The molecule has 1 unspecified atom stereocenters. The summed E-state index contributed by atoms with van der Waals surface area (Å²) in [6.45, 7) is 5.48. The monoisotopic (exact) mass is 304 g/mol. The fourth-order valence-electron chi connectivity index (χ4n) is 2.33. The molecule has 2 heterocycles. The molecular weight excluding hydrogens is 284 g/mol. The number of nitrogens with zero attached hydrogens (tertiary/aromatic N) is 1. The van der Waals surface area contributed by atoms with Crippen LogP contribution in [-0.4, -0.2) is 18.6 Å². The highest BCUT2D eigenvalue weighted by Gasteiger charge is 2.22. The van der Waals surface area contributed by atoms with Gasteiger partial charge in [0.15, 0.2) is 0 Å². The number of likely N-dealkylation sites (N-methyl/N-ethyl adjacent to an activating group) is 1. The Hall–Kier alpha value is -1.59. The van der Waals surface area contributed by atoms with Crippen LogP contribution in [0.3, 0.4) is 0 Å². The Morgan fingerprint density at radius 3 is 3.05 bits per heavy atom. The molecule has 3 rings (SSSR count). The van der Waals surface area contributed by atoms with E-state index in [-0.39, 0.29) is 6.04 Å². The summed E-state index contributed by atoms with van der Waals surface area (Å²) in [7, 11) is 1.95. The molecule has 0 bridgehead atoms. The number of hydrogen-bond acceptors (Lipinski definition) is 5. The van der Waals surface area contributed by atoms with Gasteiger partial charge >= 0.3 is 0 Å². The molecule has 1 aliphatic rings. The minimum absolute atomic E-state index is 0.279. The minimum Gasteiger partial charge on any atom is -0.491 e. The summed E-state index contributed by atoms with van der Waals surface area (Å²) < 4.78 is 11.5. The zero-order valence-corrected chi connectivity index (χ0v) is 13.4. The van der Waals surface area contributed by atoms with Crippen LogP contribution < -0.4 is 14.8 Å². The number of fused-ring (bicyclic) bond motifs is 1. The van der Waals surface area contributed by atoms with E-state index in [1.54, 1.807) is 11.3 Å². The molecule has 112 valence electrons. The highest BCUT2D eigenvalue weighted by molar-refractivity contribution is 7.09. The maximum absolute atomic E-state index is 5.82. The molecule has 1 aromatic heterocycles. The molecule has 0 saturated heterocycles. The lowest BCUT2D eigenvalue weighted by molar-refractivity contribution is 0.295. The quantitative estimate of drug-likeness (QED) is 0.918. The van der Waals surface area contributed by atoms with E-state index in [1.807, 2.05) is 19.2 Å². The van der Waals surface area contributed by atoms with Gasteiger partial charge in [-0.15, -0.1) is 11.3 Å². The topological polar surface area (TPSA) is 43.4 Å². The molecule has 1 aromatic carbocycles. The van der Waals surface area contributed by atoms with E-state index in [4.69, 9.17) is 9.47 Å². The van der Waals surface area contributed by atoms with Crippen molar-refractivity contribution >= 4 is 11.3 Å². The number of thiazole rings is 1. The third-order valence-electron chi connectivity index (χ3n) is 3.56. The number of ether oxygens (including phenoxy) is 2. The molecule has 21 heavy (non-hydrogen) atoms. The smallest absolute Gasteiger partial charge is 0.131 e. The van der Waals surface area contributed by atoms with Crippen LogP contribution in [0.15, 0.2) is 23.6 Å². The Labute approximate surface area is 129 Å². The maximum Gasteiger partial charge on any atom is 0.131 e. The van der Waals surface area contributed by atoms with Gasteiger partial charge < -0.3 is 14.8 Å². The molecule has 5 heteroatoms. The molecule has 2 aromatic rings. The largest absolute Gasteiger partial charge is 0.491 e. The van der Waals surface area contributed by atoms with Gasteiger partial charge in [-0.3, -0.25) is 0 Å². The SMILES string of the molecule is CNC1COc2cc(OCc3csc(C(C)C)n3)ccc21. The van der Waals surface area contributed by atoms with E-state index in [1.165, 1.54) is 5.56 Å². The number of nitrogens with one attached hydrogen (secondary N) is 1. The van der Waals surface area contributed by atoms with Gasteiger partial charge in [0.05, 0.1) is 16.7 Å². The van der Waals surface area contributed by atoms with E-state index >= 15 is 0 Å². The first-order valence-electron chi connectivity index (χ1n) is 7.18. The van der Waals surface area contributed by atoms with Gasteiger partial charge in [0.1, 0.15) is 24.7 Å². The van der Waals surface area contributed by atoms with Crippen LogP contribution in [0.1, 0.15) is 42.1 Å². The van der Waals surface area contributed by atoms with Crippen molar-refractivity contribution in [2.75, 3.05) is 13.7 Å². The summed E-state index contributed by atoms with van der Waals surface area (Å²) in [5.74, 6) is 2.20. The van der Waals surface area contributed by atoms with E-state index in [9.17, 15) is 0 Å². The summed E-state index contributed by atoms with van der Waals surface area (Å²) in [5, 5.41) is 6.46. The van der Waals surface area contributed by atoms with Crippen molar-refractivity contribution in [1.82, 2.24) is 10.3 Å². The van der Waals surface area contributed by atoms with Crippen molar-refractivity contribution in [3.05, 3.63) is 39.8 Å². The molecule has 0 spiro atoms. The number of benzene rings is 1. The van der Waals surface area contributed by atoms with E-state index in [2.05, 4.69) is 35.6 Å². The first-order valence-corrected chi connectivity index (χ1v) is 8.06.